The van der Waals surface area contributed by atoms with Crippen LogP contribution in [0.25, 0.3) is 0 Å². The number of rotatable bonds is 9. The van der Waals surface area contributed by atoms with Crippen molar-refractivity contribution in [1.29, 1.82) is 0 Å². The molecule has 0 radical (unpaired) electrons. The van der Waals surface area contributed by atoms with Crippen molar-refractivity contribution in [2.45, 2.75) is 59.7 Å². The summed E-state index contributed by atoms with van der Waals surface area (Å²) in [6, 6.07) is 6.27. The van der Waals surface area contributed by atoms with Crippen molar-refractivity contribution < 1.29 is 4.74 Å². The lowest BCUT2D eigenvalue weighted by molar-refractivity contribution is 0.129. The largest absolute Gasteiger partial charge is 0.488 e. The predicted molar refractivity (Wildman–Crippen MR) is 142 cm³/mol. The Morgan fingerprint density at radius 2 is 1.94 bits per heavy atom. The van der Waals surface area contributed by atoms with E-state index in [2.05, 4.69) is 73.0 Å². The highest BCUT2D eigenvalue weighted by molar-refractivity contribution is 14.0. The van der Waals surface area contributed by atoms with Crippen molar-refractivity contribution in [3.8, 4) is 5.75 Å². The minimum absolute atomic E-state index is 0. The van der Waals surface area contributed by atoms with Crippen LogP contribution in [-0.2, 0) is 20.1 Å². The lowest BCUT2D eigenvalue weighted by Gasteiger charge is -2.23. The Kier molecular flexibility index (Phi) is 11.7. The molecule has 9 heteroatoms. The van der Waals surface area contributed by atoms with Gasteiger partial charge in [0.2, 0.25) is 0 Å². The quantitative estimate of drug-likeness (QED) is 0.207. The molecule has 2 N–H and O–H groups in total. The summed E-state index contributed by atoms with van der Waals surface area (Å²) in [4.78, 5) is 4.81. The summed E-state index contributed by atoms with van der Waals surface area (Å²) in [5.74, 6) is 4.53. The van der Waals surface area contributed by atoms with E-state index in [1.807, 2.05) is 30.3 Å². The first-order chi connectivity index (χ1) is 14.2. The van der Waals surface area contributed by atoms with Gasteiger partial charge in [0.25, 0.3) is 0 Å². The number of ether oxygens (including phenoxy) is 1. The summed E-state index contributed by atoms with van der Waals surface area (Å²) in [7, 11) is 1.97. The van der Waals surface area contributed by atoms with E-state index in [0.717, 1.165) is 47.6 Å². The molecular weight excluding hydrogens is 523 g/mol. The molecule has 2 aromatic rings. The second kappa shape index (κ2) is 13.1. The third-order valence-corrected chi connectivity index (χ3v) is 5.16. The molecule has 0 saturated heterocycles. The second-order valence-corrected chi connectivity index (χ2v) is 9.33. The number of thioether (sulfide) groups is 1. The highest BCUT2D eigenvalue weighted by Crippen LogP contribution is 2.25. The zero-order valence-electron chi connectivity index (χ0n) is 19.8. The Morgan fingerprint density at radius 3 is 2.55 bits per heavy atom. The molecule has 174 valence electrons. The second-order valence-electron chi connectivity index (χ2n) is 8.34. The van der Waals surface area contributed by atoms with E-state index in [0.29, 0.717) is 13.1 Å². The van der Waals surface area contributed by atoms with Gasteiger partial charge in [0.1, 0.15) is 17.2 Å². The first kappa shape index (κ1) is 27.5. The first-order valence-corrected chi connectivity index (χ1v) is 11.7. The molecule has 0 atom stereocenters. The molecule has 0 amide bonds. The fourth-order valence-corrected chi connectivity index (χ4v) is 3.18. The highest BCUT2D eigenvalue weighted by Gasteiger charge is 2.15. The lowest BCUT2D eigenvalue weighted by Crippen LogP contribution is -2.38. The summed E-state index contributed by atoms with van der Waals surface area (Å²) < 4.78 is 8.15. The molecule has 0 bridgehead atoms. The predicted octanol–water partition coefficient (Wildman–Crippen LogP) is 4.22. The summed E-state index contributed by atoms with van der Waals surface area (Å²) >= 11 is 1.85. The van der Waals surface area contributed by atoms with Crippen molar-refractivity contribution in [2.75, 3.05) is 18.6 Å². The van der Waals surface area contributed by atoms with E-state index in [1.54, 1.807) is 0 Å². The molecule has 31 heavy (non-hydrogen) atoms. The summed E-state index contributed by atoms with van der Waals surface area (Å²) in [5.41, 5.74) is 1.98. The average Bonchev–Trinajstić information content (AvgIpc) is 2.98. The highest BCUT2D eigenvalue weighted by atomic mass is 127. The molecule has 7 nitrogen and oxygen atoms in total. The number of halogens is 1. The SMILES string of the molecule is CSCCCNC(=NCc1ccc(C)cc1OC(C)(C)C)NCc1nnc(C)n1C.I. The van der Waals surface area contributed by atoms with E-state index >= 15 is 0 Å². The Morgan fingerprint density at radius 1 is 1.19 bits per heavy atom. The van der Waals surface area contributed by atoms with Crippen molar-refractivity contribution in [3.05, 3.63) is 41.0 Å². The molecule has 0 aliphatic rings. The minimum Gasteiger partial charge on any atom is -0.488 e. The first-order valence-electron chi connectivity index (χ1n) is 10.3. The van der Waals surface area contributed by atoms with Gasteiger partial charge in [-0.05, 0) is 64.7 Å². The van der Waals surface area contributed by atoms with Crippen LogP contribution in [0.3, 0.4) is 0 Å². The van der Waals surface area contributed by atoms with Crippen LogP contribution < -0.4 is 15.4 Å². The number of aryl methyl sites for hydroxylation is 2. The van der Waals surface area contributed by atoms with Crippen molar-refractivity contribution in [1.82, 2.24) is 25.4 Å². The van der Waals surface area contributed by atoms with Gasteiger partial charge in [-0.25, -0.2) is 4.99 Å². The maximum atomic E-state index is 6.17. The van der Waals surface area contributed by atoms with E-state index in [-0.39, 0.29) is 29.6 Å². The van der Waals surface area contributed by atoms with Gasteiger partial charge >= 0.3 is 0 Å². The Balaban J connectivity index is 0.00000480. The van der Waals surface area contributed by atoms with Crippen LogP contribution in [0.4, 0.5) is 0 Å². The molecule has 0 aliphatic carbocycles. The van der Waals surface area contributed by atoms with Crippen LogP contribution in [0, 0.1) is 13.8 Å². The molecule has 0 saturated carbocycles. The molecule has 0 fully saturated rings. The van der Waals surface area contributed by atoms with Crippen LogP contribution >= 0.6 is 35.7 Å². The summed E-state index contributed by atoms with van der Waals surface area (Å²) in [6.07, 6.45) is 3.20. The average molecular weight is 561 g/mol. The molecular formula is C22H37IN6OS. The summed E-state index contributed by atoms with van der Waals surface area (Å²) in [5, 5.41) is 15.2. The number of hydrogen-bond donors (Lipinski definition) is 2. The molecule has 1 heterocycles. The Bertz CT molecular complexity index is 847. The topological polar surface area (TPSA) is 76.4 Å². The minimum atomic E-state index is -0.257. The summed E-state index contributed by atoms with van der Waals surface area (Å²) in [6.45, 7) is 12.2. The monoisotopic (exact) mass is 560 g/mol. The molecule has 2 rings (SSSR count). The Hall–Kier alpha value is -1.49. The molecule has 0 unspecified atom stereocenters. The fourth-order valence-electron chi connectivity index (χ4n) is 2.75. The van der Waals surface area contributed by atoms with Crippen LogP contribution in [0.2, 0.25) is 0 Å². The number of aliphatic imine (C=N–C) groups is 1. The van der Waals surface area contributed by atoms with E-state index in [1.165, 1.54) is 5.56 Å². The fraction of sp³-hybridized carbons (Fsp3) is 0.591. The number of guanidine groups is 1. The number of aromatic nitrogens is 3. The molecule has 1 aromatic carbocycles. The normalized spacial score (nSPS) is 11.8. The number of hydrogen-bond acceptors (Lipinski definition) is 5. The van der Waals surface area contributed by atoms with Gasteiger partial charge in [0, 0.05) is 19.2 Å². The molecule has 0 spiro atoms. The van der Waals surface area contributed by atoms with Crippen molar-refractivity contribution in [2.24, 2.45) is 12.0 Å². The van der Waals surface area contributed by atoms with Gasteiger partial charge < -0.3 is 19.9 Å². The van der Waals surface area contributed by atoms with Gasteiger partial charge in [-0.2, -0.15) is 11.8 Å². The van der Waals surface area contributed by atoms with Gasteiger partial charge in [-0.3, -0.25) is 0 Å². The van der Waals surface area contributed by atoms with Crippen LogP contribution in [0.15, 0.2) is 23.2 Å². The van der Waals surface area contributed by atoms with Crippen molar-refractivity contribution in [3.63, 3.8) is 0 Å². The Labute approximate surface area is 208 Å². The van der Waals surface area contributed by atoms with Gasteiger partial charge in [0.15, 0.2) is 11.8 Å². The maximum Gasteiger partial charge on any atom is 0.191 e. The lowest BCUT2D eigenvalue weighted by atomic mass is 10.1. The van der Waals surface area contributed by atoms with E-state index in [4.69, 9.17) is 9.73 Å². The molecule has 0 aliphatic heterocycles. The maximum absolute atomic E-state index is 6.17. The molecule has 1 aromatic heterocycles. The number of benzene rings is 1. The third-order valence-electron chi connectivity index (χ3n) is 4.46. The van der Waals surface area contributed by atoms with Gasteiger partial charge in [-0.15, -0.1) is 34.2 Å². The zero-order valence-corrected chi connectivity index (χ0v) is 22.9. The standard InChI is InChI=1S/C22H36N6OS.HI/c1-16-9-10-18(19(13-16)29-22(3,4)5)14-24-21(23-11-8-12-30-7)25-15-20-27-26-17(2)28(20)6;/h9-10,13H,8,11-12,14-15H2,1-7H3,(H2,23,24,25);1H. The van der Waals surface area contributed by atoms with Gasteiger partial charge in [-0.1, -0.05) is 12.1 Å². The van der Waals surface area contributed by atoms with Crippen LogP contribution in [0.5, 0.6) is 5.75 Å². The van der Waals surface area contributed by atoms with Gasteiger partial charge in [0.05, 0.1) is 13.1 Å². The van der Waals surface area contributed by atoms with Crippen molar-refractivity contribution >= 4 is 41.7 Å². The number of nitrogens with one attached hydrogen (secondary N) is 2. The zero-order chi connectivity index (χ0) is 22.1. The van der Waals surface area contributed by atoms with Crippen LogP contribution in [-0.4, -0.2) is 44.9 Å². The smallest absolute Gasteiger partial charge is 0.191 e. The van der Waals surface area contributed by atoms with E-state index < -0.39 is 0 Å². The third kappa shape index (κ3) is 9.67. The number of nitrogens with zero attached hydrogens (tertiary/aromatic N) is 4. The van der Waals surface area contributed by atoms with E-state index in [9.17, 15) is 0 Å². The van der Waals surface area contributed by atoms with Crippen LogP contribution in [0.1, 0.15) is 50.0 Å².